The number of aromatic carboxylic acids is 1. The molecule has 3 aromatic rings. The lowest BCUT2D eigenvalue weighted by atomic mass is 10.1. The number of aryl methyl sites for hydroxylation is 1. The highest BCUT2D eigenvalue weighted by Crippen LogP contribution is 2.24. The lowest BCUT2D eigenvalue weighted by Crippen LogP contribution is -2.32. The number of hydrogen-bond acceptors (Lipinski definition) is 7. The predicted molar refractivity (Wildman–Crippen MR) is 126 cm³/mol. The predicted octanol–water partition coefficient (Wildman–Crippen LogP) is 3.50. The fourth-order valence-electron chi connectivity index (χ4n) is 3.80. The van der Waals surface area contributed by atoms with Gasteiger partial charge in [0.25, 0.3) is 5.91 Å². The van der Waals surface area contributed by atoms with E-state index >= 15 is 0 Å². The second kappa shape index (κ2) is 9.83. The largest absolute Gasteiger partial charge is 0.478 e. The lowest BCUT2D eigenvalue weighted by Gasteiger charge is -2.24. The van der Waals surface area contributed by atoms with Gasteiger partial charge >= 0.3 is 5.97 Å². The summed E-state index contributed by atoms with van der Waals surface area (Å²) in [5, 5.41) is 20.9. The van der Waals surface area contributed by atoms with Crippen molar-refractivity contribution >= 4 is 40.8 Å². The second-order valence-corrected chi connectivity index (χ2v) is 8.10. The normalized spacial score (nSPS) is 14.0. The van der Waals surface area contributed by atoms with Crippen LogP contribution in [0.25, 0.3) is 0 Å². The Balaban J connectivity index is 1.52. The Bertz CT molecular complexity index is 1170. The number of anilines is 3. The topological polar surface area (TPSA) is 112 Å². The van der Waals surface area contributed by atoms with E-state index in [1.165, 1.54) is 12.3 Å². The van der Waals surface area contributed by atoms with Crippen LogP contribution in [0.4, 0.5) is 17.3 Å². The number of hydrogen-bond donors (Lipinski definition) is 2. The quantitative estimate of drug-likeness (QED) is 0.587. The Morgan fingerprint density at radius 3 is 2.48 bits per heavy atom. The molecule has 0 unspecified atom stereocenters. The maximum absolute atomic E-state index is 12.6. The average molecular weight is 467 g/mol. The van der Waals surface area contributed by atoms with E-state index in [0.717, 1.165) is 24.3 Å². The van der Waals surface area contributed by atoms with Crippen molar-refractivity contribution in [2.75, 3.05) is 41.3 Å². The first-order valence-corrected chi connectivity index (χ1v) is 10.9. The van der Waals surface area contributed by atoms with Gasteiger partial charge in [-0.1, -0.05) is 29.8 Å². The fraction of sp³-hybridized carbons (Fsp3) is 0.261. The molecule has 0 saturated carbocycles. The maximum atomic E-state index is 12.6. The third-order valence-corrected chi connectivity index (χ3v) is 5.68. The molecule has 4 rings (SSSR count). The van der Waals surface area contributed by atoms with E-state index in [9.17, 15) is 14.7 Å². The number of benzene rings is 1. The third kappa shape index (κ3) is 5.20. The first-order valence-electron chi connectivity index (χ1n) is 10.5. The van der Waals surface area contributed by atoms with Crippen molar-refractivity contribution in [3.63, 3.8) is 0 Å². The summed E-state index contributed by atoms with van der Waals surface area (Å²) in [6, 6.07) is 12.2. The van der Waals surface area contributed by atoms with Crippen LogP contribution in [0, 0.1) is 6.92 Å². The SMILES string of the molecule is Cc1ccccc1C(=O)Nc1cnc(N2CCCN(c3ccc(Cl)nn3)CC2)c(C(=O)O)c1. The summed E-state index contributed by atoms with van der Waals surface area (Å²) in [5.74, 6) is -0.315. The zero-order valence-corrected chi connectivity index (χ0v) is 18.8. The number of carboxylic acids is 1. The number of rotatable bonds is 5. The summed E-state index contributed by atoms with van der Waals surface area (Å²) < 4.78 is 0. The van der Waals surface area contributed by atoms with Gasteiger partial charge < -0.3 is 20.2 Å². The molecule has 1 aliphatic heterocycles. The van der Waals surface area contributed by atoms with Gasteiger partial charge in [-0.05, 0) is 43.2 Å². The smallest absolute Gasteiger partial charge is 0.339 e. The van der Waals surface area contributed by atoms with Crippen LogP contribution in [0.5, 0.6) is 0 Å². The van der Waals surface area contributed by atoms with E-state index in [1.54, 1.807) is 18.2 Å². The molecule has 9 nitrogen and oxygen atoms in total. The molecule has 2 N–H and O–H groups in total. The van der Waals surface area contributed by atoms with Crippen LogP contribution >= 0.6 is 11.6 Å². The van der Waals surface area contributed by atoms with E-state index in [4.69, 9.17) is 11.6 Å². The molecule has 0 bridgehead atoms. The molecule has 1 aromatic carbocycles. The Morgan fingerprint density at radius 1 is 1.00 bits per heavy atom. The van der Waals surface area contributed by atoms with Gasteiger partial charge in [0.1, 0.15) is 11.4 Å². The van der Waals surface area contributed by atoms with E-state index in [0.29, 0.717) is 41.9 Å². The minimum absolute atomic E-state index is 0.0392. The van der Waals surface area contributed by atoms with Crippen LogP contribution in [0.1, 0.15) is 32.7 Å². The van der Waals surface area contributed by atoms with Crippen LogP contribution in [-0.2, 0) is 0 Å². The van der Waals surface area contributed by atoms with Crippen LogP contribution in [0.2, 0.25) is 5.15 Å². The van der Waals surface area contributed by atoms with Gasteiger partial charge in [0.05, 0.1) is 11.9 Å². The molecular weight excluding hydrogens is 444 g/mol. The van der Waals surface area contributed by atoms with Gasteiger partial charge in [-0.15, -0.1) is 10.2 Å². The number of carbonyl (C=O) groups excluding carboxylic acids is 1. The molecule has 33 heavy (non-hydrogen) atoms. The van der Waals surface area contributed by atoms with Crippen molar-refractivity contribution in [2.45, 2.75) is 13.3 Å². The van der Waals surface area contributed by atoms with Crippen molar-refractivity contribution in [1.29, 1.82) is 0 Å². The lowest BCUT2D eigenvalue weighted by molar-refractivity contribution is 0.0696. The van der Waals surface area contributed by atoms with Gasteiger partial charge in [0.2, 0.25) is 0 Å². The number of pyridine rings is 1. The van der Waals surface area contributed by atoms with Gasteiger partial charge in [0, 0.05) is 31.7 Å². The number of nitrogens with one attached hydrogen (secondary N) is 1. The molecule has 0 aliphatic carbocycles. The maximum Gasteiger partial charge on any atom is 0.339 e. The van der Waals surface area contributed by atoms with Gasteiger partial charge in [-0.25, -0.2) is 9.78 Å². The van der Waals surface area contributed by atoms with E-state index < -0.39 is 5.97 Å². The van der Waals surface area contributed by atoms with E-state index in [-0.39, 0.29) is 11.5 Å². The second-order valence-electron chi connectivity index (χ2n) is 7.71. The molecule has 1 aliphatic rings. The number of aromatic nitrogens is 3. The molecule has 2 aromatic heterocycles. The molecule has 1 amide bonds. The van der Waals surface area contributed by atoms with Crippen LogP contribution < -0.4 is 15.1 Å². The van der Waals surface area contributed by atoms with Crippen molar-refractivity contribution in [1.82, 2.24) is 15.2 Å². The standard InChI is InChI=1S/C23H23ClN6O3/c1-15-5-2-3-6-17(15)22(31)26-16-13-18(23(32)33)21(25-14-16)30-10-4-9-29(11-12-30)20-8-7-19(24)27-28-20/h2-3,5-8,13-14H,4,9-12H2,1H3,(H,26,31)(H,32,33). The first kappa shape index (κ1) is 22.5. The van der Waals surface area contributed by atoms with Crippen molar-refractivity contribution < 1.29 is 14.7 Å². The average Bonchev–Trinajstić information content (AvgIpc) is 3.06. The molecular formula is C23H23ClN6O3. The molecule has 0 atom stereocenters. The third-order valence-electron chi connectivity index (χ3n) is 5.48. The Kier molecular flexibility index (Phi) is 6.69. The number of halogens is 1. The van der Waals surface area contributed by atoms with Gasteiger partial charge in [-0.2, -0.15) is 0 Å². The number of carboxylic acid groups (broad SMARTS) is 1. The van der Waals surface area contributed by atoms with Crippen molar-refractivity contribution in [3.05, 3.63) is 70.5 Å². The summed E-state index contributed by atoms with van der Waals surface area (Å²) in [6.45, 7) is 4.42. The highest BCUT2D eigenvalue weighted by molar-refractivity contribution is 6.29. The Labute approximate surface area is 196 Å². The van der Waals surface area contributed by atoms with Crippen LogP contribution in [0.15, 0.2) is 48.7 Å². The fourth-order valence-corrected chi connectivity index (χ4v) is 3.90. The summed E-state index contributed by atoms with van der Waals surface area (Å²) in [6.07, 6.45) is 2.28. The highest BCUT2D eigenvalue weighted by atomic mass is 35.5. The Morgan fingerprint density at radius 2 is 1.76 bits per heavy atom. The summed E-state index contributed by atoms with van der Waals surface area (Å²) in [7, 11) is 0. The number of carbonyl (C=O) groups is 2. The molecule has 1 fully saturated rings. The van der Waals surface area contributed by atoms with Crippen molar-refractivity contribution in [2.24, 2.45) is 0 Å². The first-order chi connectivity index (χ1) is 15.9. The van der Waals surface area contributed by atoms with Gasteiger partial charge in [0.15, 0.2) is 11.0 Å². The molecule has 10 heteroatoms. The minimum Gasteiger partial charge on any atom is -0.478 e. The van der Waals surface area contributed by atoms with E-state index in [2.05, 4.69) is 25.4 Å². The van der Waals surface area contributed by atoms with E-state index in [1.807, 2.05) is 30.0 Å². The summed E-state index contributed by atoms with van der Waals surface area (Å²) in [5.41, 5.74) is 1.73. The minimum atomic E-state index is -1.10. The molecule has 3 heterocycles. The van der Waals surface area contributed by atoms with Crippen LogP contribution in [0.3, 0.4) is 0 Å². The van der Waals surface area contributed by atoms with Gasteiger partial charge in [-0.3, -0.25) is 4.79 Å². The molecule has 0 spiro atoms. The van der Waals surface area contributed by atoms with Crippen molar-refractivity contribution in [3.8, 4) is 0 Å². The molecule has 0 radical (unpaired) electrons. The highest BCUT2D eigenvalue weighted by Gasteiger charge is 2.23. The Hall–Kier alpha value is -3.72. The van der Waals surface area contributed by atoms with Crippen LogP contribution in [-0.4, -0.2) is 58.3 Å². The molecule has 1 saturated heterocycles. The number of amides is 1. The summed E-state index contributed by atoms with van der Waals surface area (Å²) in [4.78, 5) is 33.1. The molecule has 170 valence electrons. The zero-order chi connectivity index (χ0) is 23.4. The number of nitrogens with zero attached hydrogens (tertiary/aromatic N) is 5. The summed E-state index contributed by atoms with van der Waals surface area (Å²) >= 11 is 5.83. The monoisotopic (exact) mass is 466 g/mol. The zero-order valence-electron chi connectivity index (χ0n) is 18.0.